The second kappa shape index (κ2) is 8.78. The molecule has 0 radical (unpaired) electrons. The number of methoxy groups -OCH3 is 1. The first kappa shape index (κ1) is 18.4. The molecule has 1 aliphatic carbocycles. The summed E-state index contributed by atoms with van der Waals surface area (Å²) in [4.78, 5) is 4.48. The fourth-order valence-corrected chi connectivity index (χ4v) is 2.53. The fraction of sp³-hybridized carbons (Fsp3) is 0.611. The second-order valence-corrected chi connectivity index (χ2v) is 6.23. The summed E-state index contributed by atoms with van der Waals surface area (Å²) in [5.41, 5.74) is -0.609. The van der Waals surface area contributed by atoms with Gasteiger partial charge in [-0.2, -0.15) is 0 Å². The first-order chi connectivity index (χ1) is 11.6. The maximum atomic E-state index is 10.2. The van der Waals surface area contributed by atoms with Gasteiger partial charge in [0.15, 0.2) is 17.5 Å². The molecule has 1 atom stereocenters. The van der Waals surface area contributed by atoms with Gasteiger partial charge < -0.3 is 25.2 Å². The molecule has 134 valence electrons. The van der Waals surface area contributed by atoms with Crippen molar-refractivity contribution in [2.24, 2.45) is 4.99 Å². The Morgan fingerprint density at radius 2 is 2.00 bits per heavy atom. The predicted octanol–water partition coefficient (Wildman–Crippen LogP) is 1.93. The van der Waals surface area contributed by atoms with Crippen LogP contribution in [0.15, 0.2) is 29.3 Å². The Kier molecular flexibility index (Phi) is 6.73. The fourth-order valence-electron chi connectivity index (χ4n) is 2.53. The number of para-hydroxylation sites is 2. The van der Waals surface area contributed by atoms with E-state index in [1.54, 1.807) is 7.11 Å². The topological polar surface area (TPSA) is 75.1 Å². The van der Waals surface area contributed by atoms with Gasteiger partial charge >= 0.3 is 0 Å². The Balaban J connectivity index is 1.85. The van der Waals surface area contributed by atoms with Crippen molar-refractivity contribution in [1.29, 1.82) is 0 Å². The highest BCUT2D eigenvalue weighted by Crippen LogP contribution is 2.31. The van der Waals surface area contributed by atoms with E-state index in [-0.39, 0.29) is 6.10 Å². The third-order valence-corrected chi connectivity index (χ3v) is 4.11. The molecule has 0 aromatic heterocycles. The number of nitrogens with zero attached hydrogens (tertiary/aromatic N) is 1. The molecule has 0 heterocycles. The van der Waals surface area contributed by atoms with Gasteiger partial charge in [0.05, 0.1) is 25.8 Å². The van der Waals surface area contributed by atoms with E-state index in [2.05, 4.69) is 15.6 Å². The maximum absolute atomic E-state index is 10.2. The highest BCUT2D eigenvalue weighted by molar-refractivity contribution is 5.79. The summed E-state index contributed by atoms with van der Waals surface area (Å²) < 4.78 is 11.2. The summed E-state index contributed by atoms with van der Waals surface area (Å²) in [7, 11) is 1.63. The molecule has 1 saturated carbocycles. The lowest BCUT2D eigenvalue weighted by atomic mass is 9.80. The molecule has 6 nitrogen and oxygen atoms in total. The number of aliphatic hydroxyl groups is 1. The smallest absolute Gasteiger partial charge is 0.191 e. The predicted molar refractivity (Wildman–Crippen MR) is 95.9 cm³/mol. The molecule has 1 unspecified atom stereocenters. The van der Waals surface area contributed by atoms with Gasteiger partial charge in [-0.25, -0.2) is 0 Å². The lowest BCUT2D eigenvalue weighted by Crippen LogP contribution is -2.45. The Bertz CT molecular complexity index is 544. The third kappa shape index (κ3) is 5.30. The number of benzene rings is 1. The second-order valence-electron chi connectivity index (χ2n) is 6.23. The first-order valence-corrected chi connectivity index (χ1v) is 8.60. The van der Waals surface area contributed by atoms with Crippen molar-refractivity contribution in [3.05, 3.63) is 24.3 Å². The van der Waals surface area contributed by atoms with Gasteiger partial charge in [-0.05, 0) is 45.2 Å². The van der Waals surface area contributed by atoms with E-state index in [4.69, 9.17) is 9.47 Å². The summed E-state index contributed by atoms with van der Waals surface area (Å²) in [6.45, 7) is 5.81. The molecular formula is C18H29N3O3. The van der Waals surface area contributed by atoms with Crippen molar-refractivity contribution in [3.8, 4) is 11.5 Å². The van der Waals surface area contributed by atoms with Crippen LogP contribution in [0, 0.1) is 0 Å². The van der Waals surface area contributed by atoms with Crippen LogP contribution < -0.4 is 20.1 Å². The Labute approximate surface area is 144 Å². The quantitative estimate of drug-likeness (QED) is 0.500. The van der Waals surface area contributed by atoms with Gasteiger partial charge in [0.1, 0.15) is 6.10 Å². The van der Waals surface area contributed by atoms with Crippen molar-refractivity contribution in [1.82, 2.24) is 10.6 Å². The van der Waals surface area contributed by atoms with Crippen LogP contribution in [0.25, 0.3) is 0 Å². The lowest BCUT2D eigenvalue weighted by Gasteiger charge is -2.35. The van der Waals surface area contributed by atoms with Gasteiger partial charge in [0.2, 0.25) is 0 Å². The largest absolute Gasteiger partial charge is 0.493 e. The zero-order chi connectivity index (χ0) is 17.4. The average Bonchev–Trinajstić information content (AvgIpc) is 2.56. The van der Waals surface area contributed by atoms with Crippen molar-refractivity contribution < 1.29 is 14.6 Å². The van der Waals surface area contributed by atoms with Gasteiger partial charge in [-0.1, -0.05) is 12.1 Å². The molecule has 1 fully saturated rings. The van der Waals surface area contributed by atoms with Crippen LogP contribution in [0.3, 0.4) is 0 Å². The summed E-state index contributed by atoms with van der Waals surface area (Å²) in [5.74, 6) is 2.14. The van der Waals surface area contributed by atoms with Gasteiger partial charge in [-0.15, -0.1) is 0 Å². The van der Waals surface area contributed by atoms with Crippen LogP contribution in [0.2, 0.25) is 0 Å². The minimum atomic E-state index is -0.609. The molecule has 2 rings (SSSR count). The Morgan fingerprint density at radius 3 is 2.58 bits per heavy atom. The summed E-state index contributed by atoms with van der Waals surface area (Å²) in [5, 5.41) is 16.6. The van der Waals surface area contributed by atoms with Crippen molar-refractivity contribution >= 4 is 5.96 Å². The van der Waals surface area contributed by atoms with E-state index in [1.807, 2.05) is 38.1 Å². The number of aliphatic imine (C=N–C) groups is 1. The van der Waals surface area contributed by atoms with Crippen LogP contribution in [-0.2, 0) is 0 Å². The normalized spacial score (nSPS) is 17.6. The van der Waals surface area contributed by atoms with E-state index in [1.165, 1.54) is 0 Å². The highest BCUT2D eigenvalue weighted by atomic mass is 16.5. The van der Waals surface area contributed by atoms with Gasteiger partial charge in [0.25, 0.3) is 0 Å². The van der Waals surface area contributed by atoms with Crippen LogP contribution in [0.1, 0.15) is 33.1 Å². The number of rotatable bonds is 8. The summed E-state index contributed by atoms with van der Waals surface area (Å²) >= 11 is 0. The van der Waals surface area contributed by atoms with E-state index >= 15 is 0 Å². The van der Waals surface area contributed by atoms with Crippen LogP contribution in [0.5, 0.6) is 11.5 Å². The SMILES string of the molecule is CCNC(=NCC1(O)CCC1)NCC(C)Oc1ccccc1OC. The van der Waals surface area contributed by atoms with Crippen LogP contribution in [-0.4, -0.2) is 49.5 Å². The molecule has 1 aromatic rings. The molecule has 1 aromatic carbocycles. The van der Waals surface area contributed by atoms with Crippen molar-refractivity contribution in [2.75, 3.05) is 26.7 Å². The molecule has 0 bridgehead atoms. The Morgan fingerprint density at radius 1 is 1.29 bits per heavy atom. The monoisotopic (exact) mass is 335 g/mol. The van der Waals surface area contributed by atoms with Crippen molar-refractivity contribution in [2.45, 2.75) is 44.8 Å². The molecule has 0 spiro atoms. The average molecular weight is 335 g/mol. The van der Waals surface area contributed by atoms with Gasteiger partial charge in [-0.3, -0.25) is 4.99 Å². The minimum Gasteiger partial charge on any atom is -0.493 e. The molecule has 1 aliphatic rings. The number of nitrogens with one attached hydrogen (secondary N) is 2. The zero-order valence-electron chi connectivity index (χ0n) is 14.8. The number of guanidine groups is 1. The third-order valence-electron chi connectivity index (χ3n) is 4.11. The van der Waals surface area contributed by atoms with Crippen LogP contribution in [0.4, 0.5) is 0 Å². The van der Waals surface area contributed by atoms with E-state index < -0.39 is 5.60 Å². The zero-order valence-corrected chi connectivity index (χ0v) is 14.8. The molecule has 6 heteroatoms. The maximum Gasteiger partial charge on any atom is 0.191 e. The van der Waals surface area contributed by atoms with E-state index in [0.717, 1.165) is 37.3 Å². The molecule has 0 amide bonds. The van der Waals surface area contributed by atoms with Gasteiger partial charge in [0, 0.05) is 6.54 Å². The molecule has 0 saturated heterocycles. The molecule has 24 heavy (non-hydrogen) atoms. The molecular weight excluding hydrogens is 306 g/mol. The Hall–Kier alpha value is -1.95. The first-order valence-electron chi connectivity index (χ1n) is 8.60. The van der Waals surface area contributed by atoms with E-state index in [0.29, 0.717) is 19.0 Å². The molecule has 3 N–H and O–H groups in total. The van der Waals surface area contributed by atoms with Crippen molar-refractivity contribution in [3.63, 3.8) is 0 Å². The van der Waals surface area contributed by atoms with E-state index in [9.17, 15) is 5.11 Å². The summed E-state index contributed by atoms with van der Waals surface area (Å²) in [6.07, 6.45) is 2.70. The lowest BCUT2D eigenvalue weighted by molar-refractivity contribution is -0.0236. The standard InChI is InChI=1S/C18H29N3O3/c1-4-19-17(21-13-18(22)10-7-11-18)20-12-14(2)24-16-9-6-5-8-15(16)23-3/h5-6,8-9,14,22H,4,7,10-13H2,1-3H3,(H2,19,20,21). The molecule has 0 aliphatic heterocycles. The minimum absolute atomic E-state index is 0.0584. The summed E-state index contributed by atoms with van der Waals surface area (Å²) in [6, 6.07) is 7.60. The number of ether oxygens (including phenoxy) is 2. The highest BCUT2D eigenvalue weighted by Gasteiger charge is 2.34. The van der Waals surface area contributed by atoms with Crippen LogP contribution >= 0.6 is 0 Å². The number of hydrogen-bond acceptors (Lipinski definition) is 4. The number of hydrogen-bond donors (Lipinski definition) is 3.